The average Bonchev–Trinajstić information content (AvgIpc) is 3.44. The Labute approximate surface area is 487 Å². The molecule has 0 spiro atoms. The van der Waals surface area contributed by atoms with Crippen molar-refractivity contribution in [2.75, 3.05) is 13.2 Å². The summed E-state index contributed by atoms with van der Waals surface area (Å²) in [4.78, 5) is 24.6. The van der Waals surface area contributed by atoms with E-state index in [2.05, 4.69) is 55.6 Å². The van der Waals surface area contributed by atoms with Crippen LogP contribution in [0.3, 0.4) is 0 Å². The van der Waals surface area contributed by atoms with E-state index >= 15 is 0 Å². The van der Waals surface area contributed by atoms with Crippen LogP contribution >= 0.6 is 0 Å². The highest BCUT2D eigenvalue weighted by Crippen LogP contribution is 2.19. The summed E-state index contributed by atoms with van der Waals surface area (Å²) in [6, 6.07) is -0.539. The fourth-order valence-electron chi connectivity index (χ4n) is 11.0. The second-order valence-corrected chi connectivity index (χ2v) is 24.2. The maximum absolute atomic E-state index is 12.5. The fourth-order valence-corrected chi connectivity index (χ4v) is 11.0. The predicted molar refractivity (Wildman–Crippen MR) is 343 cm³/mol. The fraction of sp³-hybridized carbons (Fsp3) is 0.889. The molecule has 0 aromatic rings. The Balaban J connectivity index is 3.35. The van der Waals surface area contributed by atoms with E-state index in [0.29, 0.717) is 25.9 Å². The Morgan fingerprint density at radius 3 is 1.03 bits per heavy atom. The lowest BCUT2D eigenvalue weighted by molar-refractivity contribution is -0.143. The molecule has 2 unspecified atom stereocenters. The molecule has 6 heteroatoms. The SMILES string of the molecule is CCCC/C=C\C/C=C\CCCCCCCC(=O)OCCCCCCCCCCCCCC/C=C\CCCCCCCCCCCCCCCCCCC(=O)NC(CO)C(O)CCCCCCCCCCCCCCCCC. The summed E-state index contributed by atoms with van der Waals surface area (Å²) in [6.07, 6.45) is 86.3. The molecule has 0 rings (SSSR count). The molecule has 0 bridgehead atoms. The first kappa shape index (κ1) is 76.1. The number of nitrogens with one attached hydrogen (secondary N) is 1. The summed E-state index contributed by atoms with van der Waals surface area (Å²) in [6.45, 7) is 4.93. The van der Waals surface area contributed by atoms with Crippen LogP contribution in [0, 0.1) is 0 Å². The van der Waals surface area contributed by atoms with Gasteiger partial charge in [0, 0.05) is 12.8 Å². The minimum Gasteiger partial charge on any atom is -0.466 e. The lowest BCUT2D eigenvalue weighted by atomic mass is 10.0. The van der Waals surface area contributed by atoms with Crippen LogP contribution in [0.5, 0.6) is 0 Å². The van der Waals surface area contributed by atoms with Crippen LogP contribution in [-0.4, -0.2) is 47.4 Å². The molecule has 460 valence electrons. The molecule has 0 saturated heterocycles. The Bertz CT molecular complexity index is 1260. The molecule has 0 saturated carbocycles. The molecule has 0 heterocycles. The van der Waals surface area contributed by atoms with Crippen molar-refractivity contribution >= 4 is 11.9 Å². The average molecular weight is 1100 g/mol. The van der Waals surface area contributed by atoms with E-state index in [4.69, 9.17) is 4.74 Å². The quantitative estimate of drug-likeness (QED) is 0.0320. The molecule has 0 aliphatic carbocycles. The number of hydrogen-bond acceptors (Lipinski definition) is 5. The number of aliphatic hydroxyl groups is 2. The van der Waals surface area contributed by atoms with Gasteiger partial charge in [0.1, 0.15) is 0 Å². The Kier molecular flexibility index (Phi) is 65.9. The topological polar surface area (TPSA) is 95.9 Å². The maximum Gasteiger partial charge on any atom is 0.305 e. The van der Waals surface area contributed by atoms with Gasteiger partial charge in [-0.3, -0.25) is 9.59 Å². The zero-order valence-corrected chi connectivity index (χ0v) is 52.7. The van der Waals surface area contributed by atoms with Gasteiger partial charge in [0.15, 0.2) is 0 Å². The number of hydrogen-bond donors (Lipinski definition) is 3. The molecule has 0 aromatic heterocycles. The van der Waals surface area contributed by atoms with Gasteiger partial charge in [-0.1, -0.05) is 333 Å². The van der Waals surface area contributed by atoms with Crippen LogP contribution in [0.2, 0.25) is 0 Å². The van der Waals surface area contributed by atoms with Crippen LogP contribution in [0.15, 0.2) is 36.5 Å². The van der Waals surface area contributed by atoms with Crippen molar-refractivity contribution in [2.24, 2.45) is 0 Å². The van der Waals surface area contributed by atoms with E-state index in [1.165, 1.54) is 302 Å². The molecule has 0 aromatic carbocycles. The molecule has 6 nitrogen and oxygen atoms in total. The van der Waals surface area contributed by atoms with Gasteiger partial charge < -0.3 is 20.3 Å². The third-order valence-corrected chi connectivity index (χ3v) is 16.4. The second-order valence-electron chi connectivity index (χ2n) is 24.2. The molecule has 0 fully saturated rings. The van der Waals surface area contributed by atoms with E-state index in [1.54, 1.807) is 0 Å². The summed E-state index contributed by atoms with van der Waals surface area (Å²) in [5.74, 6) is -0.0260. The Morgan fingerprint density at radius 2 is 0.654 bits per heavy atom. The van der Waals surface area contributed by atoms with Gasteiger partial charge in [-0.05, 0) is 77.0 Å². The van der Waals surface area contributed by atoms with Crippen LogP contribution in [-0.2, 0) is 14.3 Å². The Hall–Kier alpha value is -1.92. The van der Waals surface area contributed by atoms with Crippen molar-refractivity contribution in [3.05, 3.63) is 36.5 Å². The summed E-state index contributed by atoms with van der Waals surface area (Å²) >= 11 is 0. The molecule has 1 amide bonds. The number of rotatable bonds is 66. The first-order valence-corrected chi connectivity index (χ1v) is 35.2. The van der Waals surface area contributed by atoms with E-state index < -0.39 is 12.1 Å². The number of allylic oxidation sites excluding steroid dienone is 6. The van der Waals surface area contributed by atoms with Crippen LogP contribution in [0.25, 0.3) is 0 Å². The van der Waals surface area contributed by atoms with Gasteiger partial charge in [0.25, 0.3) is 0 Å². The van der Waals surface area contributed by atoms with Gasteiger partial charge in [-0.2, -0.15) is 0 Å². The second kappa shape index (κ2) is 67.6. The van der Waals surface area contributed by atoms with Crippen molar-refractivity contribution in [2.45, 2.75) is 398 Å². The summed E-state index contributed by atoms with van der Waals surface area (Å²) in [5, 5.41) is 23.3. The van der Waals surface area contributed by atoms with Gasteiger partial charge in [0.05, 0.1) is 25.4 Å². The maximum atomic E-state index is 12.5. The Morgan fingerprint density at radius 1 is 0.359 bits per heavy atom. The zero-order chi connectivity index (χ0) is 56.4. The molecule has 0 aliphatic rings. The number of esters is 1. The zero-order valence-electron chi connectivity index (χ0n) is 52.7. The highest BCUT2D eigenvalue weighted by Gasteiger charge is 2.20. The number of amides is 1. The molecule has 2 atom stereocenters. The first-order valence-electron chi connectivity index (χ1n) is 35.2. The first-order chi connectivity index (χ1) is 38.5. The van der Waals surface area contributed by atoms with Crippen LogP contribution < -0.4 is 5.32 Å². The van der Waals surface area contributed by atoms with E-state index in [9.17, 15) is 19.8 Å². The highest BCUT2D eigenvalue weighted by atomic mass is 16.5. The number of unbranched alkanes of at least 4 members (excludes halogenated alkanes) is 49. The van der Waals surface area contributed by atoms with Crippen molar-refractivity contribution in [3.8, 4) is 0 Å². The number of ether oxygens (including phenoxy) is 1. The van der Waals surface area contributed by atoms with Crippen molar-refractivity contribution in [3.63, 3.8) is 0 Å². The number of carbonyl (C=O) groups is 2. The van der Waals surface area contributed by atoms with Crippen molar-refractivity contribution < 1.29 is 24.5 Å². The summed E-state index contributed by atoms with van der Waals surface area (Å²) < 4.78 is 5.48. The monoisotopic (exact) mass is 1100 g/mol. The van der Waals surface area contributed by atoms with Gasteiger partial charge in [-0.15, -0.1) is 0 Å². The van der Waals surface area contributed by atoms with Crippen LogP contribution in [0.4, 0.5) is 0 Å². The largest absolute Gasteiger partial charge is 0.466 e. The van der Waals surface area contributed by atoms with E-state index in [1.807, 2.05) is 0 Å². The van der Waals surface area contributed by atoms with Gasteiger partial charge in [-0.25, -0.2) is 0 Å². The van der Waals surface area contributed by atoms with Gasteiger partial charge >= 0.3 is 5.97 Å². The smallest absolute Gasteiger partial charge is 0.305 e. The van der Waals surface area contributed by atoms with E-state index in [-0.39, 0.29) is 18.5 Å². The lowest BCUT2D eigenvalue weighted by Gasteiger charge is -2.22. The minimum absolute atomic E-state index is 0.00379. The summed E-state index contributed by atoms with van der Waals surface area (Å²) in [7, 11) is 0. The molecule has 0 radical (unpaired) electrons. The van der Waals surface area contributed by atoms with Crippen LogP contribution in [0.1, 0.15) is 386 Å². The normalized spacial score (nSPS) is 12.7. The molecule has 0 aliphatic heterocycles. The third-order valence-electron chi connectivity index (χ3n) is 16.4. The minimum atomic E-state index is -0.662. The predicted octanol–water partition coefficient (Wildman–Crippen LogP) is 22.7. The van der Waals surface area contributed by atoms with Gasteiger partial charge in [0.2, 0.25) is 5.91 Å². The molecule has 3 N–H and O–H groups in total. The molecular weight excluding hydrogens is 959 g/mol. The van der Waals surface area contributed by atoms with E-state index in [0.717, 1.165) is 51.4 Å². The standard InChI is InChI=1S/C72H137NO5/c1-3-5-7-9-11-13-15-17-37-40-44-48-52-56-60-64-70(75)69(68-74)73-71(76)65-61-57-53-49-45-41-38-35-33-31-29-27-25-23-21-19-20-22-24-26-28-30-32-34-36-39-43-47-51-55-59-63-67-78-72(77)66-62-58-54-50-46-42-18-16-14-12-10-8-6-4-2/h10,12,16,18,22,24,69-70,74-75H,3-9,11,13-15,17,19-21,23,25-68H2,1-2H3,(H,73,76)/b12-10-,18-16-,24-22-. The lowest BCUT2D eigenvalue weighted by Crippen LogP contribution is -2.45. The van der Waals surface area contributed by atoms with Crippen molar-refractivity contribution in [1.82, 2.24) is 5.32 Å². The molecule has 78 heavy (non-hydrogen) atoms. The van der Waals surface area contributed by atoms with Crippen molar-refractivity contribution in [1.29, 1.82) is 0 Å². The summed E-state index contributed by atoms with van der Waals surface area (Å²) in [5.41, 5.74) is 0. The number of aliphatic hydroxyl groups excluding tert-OH is 2. The molecular formula is C72H137NO5. The highest BCUT2D eigenvalue weighted by molar-refractivity contribution is 5.76. The third kappa shape index (κ3) is 63.3. The number of carbonyl (C=O) groups excluding carboxylic acids is 2.